The molecule has 0 aliphatic heterocycles. The van der Waals surface area contributed by atoms with Crippen LogP contribution in [0.15, 0.2) is 104 Å². The number of benzene rings is 2. The van der Waals surface area contributed by atoms with Crippen molar-refractivity contribution in [1.82, 2.24) is 19.7 Å². The summed E-state index contributed by atoms with van der Waals surface area (Å²) < 4.78 is 13.5. The number of carbonyl (C=O) groups is 1. The third kappa shape index (κ3) is 6.75. The van der Waals surface area contributed by atoms with Crippen LogP contribution in [-0.4, -0.2) is 32.8 Å². The summed E-state index contributed by atoms with van der Waals surface area (Å²) in [6, 6.07) is 25.8. The maximum Gasteiger partial charge on any atom is 0.234 e. The number of carbonyl (C=O) groups excluding carboxylic acids is 1. The third-order valence-electron chi connectivity index (χ3n) is 7.86. The van der Waals surface area contributed by atoms with E-state index in [1.807, 2.05) is 76.6 Å². The van der Waals surface area contributed by atoms with Gasteiger partial charge in [0.15, 0.2) is 0 Å². The van der Waals surface area contributed by atoms with Crippen molar-refractivity contribution in [1.29, 1.82) is 0 Å². The van der Waals surface area contributed by atoms with Gasteiger partial charge in [0.25, 0.3) is 0 Å². The minimum atomic E-state index is -0.287. The van der Waals surface area contributed by atoms with Gasteiger partial charge in [-0.1, -0.05) is 48.5 Å². The van der Waals surface area contributed by atoms with Crippen molar-refractivity contribution >= 4 is 11.6 Å². The second-order valence-electron chi connectivity index (χ2n) is 10.7. The van der Waals surface area contributed by atoms with Gasteiger partial charge in [-0.3, -0.25) is 14.5 Å². The highest BCUT2D eigenvalue weighted by molar-refractivity contribution is 5.98. The third-order valence-corrected chi connectivity index (χ3v) is 7.86. The molecule has 1 aliphatic carbocycles. The molecule has 0 radical (unpaired) electrons. The summed E-state index contributed by atoms with van der Waals surface area (Å²) in [5, 5.41) is 4.57. The quantitative estimate of drug-likeness (QED) is 0.188. The normalized spacial score (nSPS) is 14.1. The maximum absolute atomic E-state index is 14.4. The molecule has 5 aromatic rings. The Morgan fingerprint density at radius 2 is 1.84 bits per heavy atom. The Morgan fingerprint density at radius 3 is 2.63 bits per heavy atom. The lowest BCUT2D eigenvalue weighted by atomic mass is 9.81. The number of nitrogens with zero attached hydrogens (tertiary/aromatic N) is 5. The van der Waals surface area contributed by atoms with E-state index in [2.05, 4.69) is 33.3 Å². The molecular weight excluding hydrogens is 538 g/mol. The van der Waals surface area contributed by atoms with Crippen LogP contribution in [0.1, 0.15) is 46.7 Å². The number of aromatic nitrogens is 4. The van der Waals surface area contributed by atoms with E-state index in [-0.39, 0.29) is 11.8 Å². The lowest BCUT2D eigenvalue weighted by molar-refractivity contribution is -0.120. The van der Waals surface area contributed by atoms with Gasteiger partial charge in [0.1, 0.15) is 12.4 Å². The first-order valence-electron chi connectivity index (χ1n) is 14.7. The minimum Gasteiger partial charge on any atom is -0.489 e. The maximum atomic E-state index is 14.4. The fraction of sp³-hybridized carbons (Fsp3) is 0.257. The Hall–Kier alpha value is -4.98. The van der Waals surface area contributed by atoms with Crippen LogP contribution in [0.5, 0.6) is 11.6 Å². The van der Waals surface area contributed by atoms with Crippen LogP contribution in [0.4, 0.5) is 5.69 Å². The monoisotopic (exact) mass is 573 g/mol. The van der Waals surface area contributed by atoms with Gasteiger partial charge in [0.2, 0.25) is 11.8 Å². The predicted octanol–water partition coefficient (Wildman–Crippen LogP) is 6.16. The summed E-state index contributed by atoms with van der Waals surface area (Å²) in [7, 11) is 1.58. The van der Waals surface area contributed by atoms with E-state index in [0.29, 0.717) is 25.6 Å². The Labute approximate surface area is 251 Å². The van der Waals surface area contributed by atoms with Crippen LogP contribution in [0.2, 0.25) is 0 Å². The number of pyridine rings is 2. The summed E-state index contributed by atoms with van der Waals surface area (Å²) in [4.78, 5) is 25.1. The number of anilines is 1. The highest BCUT2D eigenvalue weighted by Gasteiger charge is 2.32. The van der Waals surface area contributed by atoms with E-state index in [1.54, 1.807) is 25.6 Å². The topological polar surface area (TPSA) is 82.4 Å². The molecule has 3 heterocycles. The van der Waals surface area contributed by atoms with Crippen molar-refractivity contribution in [2.24, 2.45) is 0 Å². The van der Waals surface area contributed by atoms with Crippen LogP contribution in [-0.2, 0) is 37.3 Å². The molecule has 2 aromatic carbocycles. The van der Waals surface area contributed by atoms with Gasteiger partial charge in [0, 0.05) is 42.7 Å². The zero-order valence-corrected chi connectivity index (χ0v) is 24.3. The minimum absolute atomic E-state index is 0.0364. The Balaban J connectivity index is 1.24. The van der Waals surface area contributed by atoms with Gasteiger partial charge in [-0.2, -0.15) is 5.10 Å². The van der Waals surface area contributed by atoms with E-state index in [9.17, 15) is 4.79 Å². The first-order valence-corrected chi connectivity index (χ1v) is 14.7. The van der Waals surface area contributed by atoms with Gasteiger partial charge in [0.05, 0.1) is 37.7 Å². The largest absolute Gasteiger partial charge is 0.489 e. The van der Waals surface area contributed by atoms with E-state index < -0.39 is 0 Å². The Bertz CT molecular complexity index is 1640. The van der Waals surface area contributed by atoms with Gasteiger partial charge in [-0.15, -0.1) is 0 Å². The number of fused-ring (bicyclic) bond motifs is 1. The molecule has 0 fully saturated rings. The molecule has 8 nitrogen and oxygen atoms in total. The second-order valence-corrected chi connectivity index (χ2v) is 10.7. The SMILES string of the molecule is COc1ccc(N(Cc2cnn(CCc3ccccn3)c2)C(=O)C2CCCc3c(OCc4ccccc4)cccc32)cn1. The second kappa shape index (κ2) is 13.3. The average Bonchev–Trinajstić information content (AvgIpc) is 3.53. The van der Waals surface area contributed by atoms with Crippen LogP contribution < -0.4 is 14.4 Å². The summed E-state index contributed by atoms with van der Waals surface area (Å²) >= 11 is 0. The summed E-state index contributed by atoms with van der Waals surface area (Å²) in [6.45, 7) is 1.58. The molecule has 1 amide bonds. The van der Waals surface area contributed by atoms with Crippen LogP contribution in [0, 0.1) is 0 Å². The number of amides is 1. The summed E-state index contributed by atoms with van der Waals surface area (Å²) in [6.07, 6.45) is 10.7. The zero-order chi connectivity index (χ0) is 29.4. The molecule has 1 aliphatic rings. The predicted molar refractivity (Wildman–Crippen MR) is 165 cm³/mol. The van der Waals surface area contributed by atoms with Crippen LogP contribution in [0.3, 0.4) is 0 Å². The van der Waals surface area contributed by atoms with Gasteiger partial charge < -0.3 is 14.4 Å². The van der Waals surface area contributed by atoms with E-state index >= 15 is 0 Å². The molecule has 0 spiro atoms. The molecule has 0 saturated heterocycles. The van der Waals surface area contributed by atoms with E-state index in [1.165, 1.54) is 0 Å². The summed E-state index contributed by atoms with van der Waals surface area (Å²) in [5.41, 5.74) is 5.96. The van der Waals surface area contributed by atoms with Crippen molar-refractivity contribution in [3.63, 3.8) is 0 Å². The molecule has 3 aromatic heterocycles. The van der Waals surface area contributed by atoms with E-state index in [0.717, 1.165) is 65.1 Å². The van der Waals surface area contributed by atoms with Gasteiger partial charge in [-0.05, 0) is 60.2 Å². The van der Waals surface area contributed by atoms with Gasteiger partial charge in [-0.25, -0.2) is 4.98 Å². The first kappa shape index (κ1) is 28.2. The number of methoxy groups -OCH3 is 1. The number of hydrogen-bond acceptors (Lipinski definition) is 6. The summed E-state index contributed by atoms with van der Waals surface area (Å²) in [5.74, 6) is 1.10. The molecule has 6 rings (SSSR count). The molecule has 218 valence electrons. The molecule has 1 atom stereocenters. The highest BCUT2D eigenvalue weighted by atomic mass is 16.5. The highest BCUT2D eigenvalue weighted by Crippen LogP contribution is 2.39. The lowest BCUT2D eigenvalue weighted by Crippen LogP contribution is -2.36. The molecule has 43 heavy (non-hydrogen) atoms. The number of hydrogen-bond donors (Lipinski definition) is 0. The number of rotatable bonds is 11. The van der Waals surface area contributed by atoms with Gasteiger partial charge >= 0.3 is 0 Å². The average molecular weight is 574 g/mol. The molecule has 0 bridgehead atoms. The number of ether oxygens (including phenoxy) is 2. The van der Waals surface area contributed by atoms with Crippen LogP contribution in [0.25, 0.3) is 0 Å². The smallest absolute Gasteiger partial charge is 0.234 e. The fourth-order valence-corrected chi connectivity index (χ4v) is 5.65. The molecule has 1 unspecified atom stereocenters. The molecule has 0 saturated carbocycles. The van der Waals surface area contributed by atoms with Crippen LogP contribution >= 0.6 is 0 Å². The Kier molecular flexibility index (Phi) is 8.73. The van der Waals surface area contributed by atoms with Crippen molar-refractivity contribution in [3.05, 3.63) is 132 Å². The molecule has 8 heteroatoms. The van der Waals surface area contributed by atoms with E-state index in [4.69, 9.17) is 9.47 Å². The van der Waals surface area contributed by atoms with Crippen molar-refractivity contribution in [3.8, 4) is 11.6 Å². The number of aryl methyl sites for hydroxylation is 2. The first-order chi connectivity index (χ1) is 21.2. The lowest BCUT2D eigenvalue weighted by Gasteiger charge is -2.31. The van der Waals surface area contributed by atoms with Crippen molar-refractivity contribution < 1.29 is 14.3 Å². The molecule has 0 N–H and O–H groups in total. The zero-order valence-electron chi connectivity index (χ0n) is 24.3. The fourth-order valence-electron chi connectivity index (χ4n) is 5.65. The van der Waals surface area contributed by atoms with Crippen molar-refractivity contribution in [2.45, 2.75) is 51.3 Å². The Morgan fingerprint density at radius 1 is 0.953 bits per heavy atom. The van der Waals surface area contributed by atoms with Crippen molar-refractivity contribution in [2.75, 3.05) is 12.0 Å². The molecular formula is C35H35N5O3. The standard InChI is InChI=1S/C35H35N5O3/c1-42-34-17-16-29(22-37-34)40(24-27-21-38-39(23-27)20-18-28-11-5-6-19-36-28)35(41)32-14-7-13-31-30(32)12-8-15-33(31)43-25-26-9-3-2-4-10-26/h2-6,8-12,15-17,19,21-23,32H,7,13-14,18,20,24-25H2,1H3.